The van der Waals surface area contributed by atoms with Gasteiger partial charge in [-0.2, -0.15) is 0 Å². The molecule has 1 saturated carbocycles. The summed E-state index contributed by atoms with van der Waals surface area (Å²) in [5.41, 5.74) is 7.44. The molecule has 0 unspecified atom stereocenters. The molecule has 2 N–H and O–H groups in total. The number of carbonyl (C=O) groups is 1. The summed E-state index contributed by atoms with van der Waals surface area (Å²) in [5.74, 6) is 0.907. The van der Waals surface area contributed by atoms with Gasteiger partial charge < -0.3 is 15.1 Å². The lowest BCUT2D eigenvalue weighted by Gasteiger charge is -2.22. The predicted octanol–water partition coefficient (Wildman–Crippen LogP) is 2.59. The molecule has 4 heteroatoms. The number of benzene rings is 1. The summed E-state index contributed by atoms with van der Waals surface area (Å²) in [6.07, 6.45) is 4.52. The largest absolute Gasteiger partial charge is 0.467 e. The maximum absolute atomic E-state index is 12.9. The molecule has 3 rings (SSSR count). The molecule has 1 aromatic heterocycles. The van der Waals surface area contributed by atoms with Crippen LogP contribution < -0.4 is 5.73 Å². The Kier molecular flexibility index (Phi) is 4.06. The van der Waals surface area contributed by atoms with Gasteiger partial charge in [0.25, 0.3) is 5.91 Å². The van der Waals surface area contributed by atoms with Gasteiger partial charge in [-0.1, -0.05) is 18.2 Å². The van der Waals surface area contributed by atoms with Gasteiger partial charge in [0.2, 0.25) is 0 Å². The number of amides is 1. The molecule has 0 atom stereocenters. The zero-order valence-electron chi connectivity index (χ0n) is 12.0. The fourth-order valence-corrected chi connectivity index (χ4v) is 2.58. The van der Waals surface area contributed by atoms with Crippen LogP contribution in [-0.4, -0.2) is 23.4 Å². The average Bonchev–Trinajstić information content (AvgIpc) is 3.21. The van der Waals surface area contributed by atoms with E-state index in [9.17, 15) is 4.79 Å². The van der Waals surface area contributed by atoms with Crippen molar-refractivity contribution < 1.29 is 9.21 Å². The van der Waals surface area contributed by atoms with Crippen LogP contribution in [0.2, 0.25) is 0 Å². The van der Waals surface area contributed by atoms with Gasteiger partial charge in [-0.25, -0.2) is 0 Å². The van der Waals surface area contributed by atoms with Crippen molar-refractivity contribution in [3.8, 4) is 0 Å². The first-order chi connectivity index (χ1) is 10.3. The van der Waals surface area contributed by atoms with Crippen LogP contribution >= 0.6 is 0 Å². The summed E-state index contributed by atoms with van der Waals surface area (Å²) < 4.78 is 5.39. The van der Waals surface area contributed by atoms with E-state index in [1.54, 1.807) is 6.26 Å². The van der Waals surface area contributed by atoms with Crippen molar-refractivity contribution in [2.24, 2.45) is 5.73 Å². The van der Waals surface area contributed by atoms with E-state index in [1.165, 1.54) is 0 Å². The number of nitrogens with two attached hydrogens (primary N) is 1. The lowest BCUT2D eigenvalue weighted by molar-refractivity contribution is 0.0716. The zero-order valence-corrected chi connectivity index (χ0v) is 12.0. The third kappa shape index (κ3) is 3.16. The smallest absolute Gasteiger partial charge is 0.254 e. The fourth-order valence-electron chi connectivity index (χ4n) is 2.58. The Morgan fingerprint density at radius 2 is 2.05 bits per heavy atom. The first-order valence-corrected chi connectivity index (χ1v) is 7.41. The van der Waals surface area contributed by atoms with E-state index < -0.39 is 0 Å². The average molecular weight is 284 g/mol. The van der Waals surface area contributed by atoms with Gasteiger partial charge in [0.15, 0.2) is 0 Å². The van der Waals surface area contributed by atoms with Crippen LogP contribution in [-0.2, 0) is 13.0 Å². The van der Waals surface area contributed by atoms with Crippen LogP contribution in [0.25, 0.3) is 0 Å². The van der Waals surface area contributed by atoms with Crippen LogP contribution in [0.15, 0.2) is 47.1 Å². The molecule has 0 aliphatic heterocycles. The minimum absolute atomic E-state index is 0.0814. The fraction of sp³-hybridized carbons (Fsp3) is 0.353. The molecule has 4 nitrogen and oxygen atoms in total. The second-order valence-corrected chi connectivity index (χ2v) is 5.44. The third-order valence-electron chi connectivity index (χ3n) is 3.82. The van der Waals surface area contributed by atoms with Gasteiger partial charge >= 0.3 is 0 Å². The topological polar surface area (TPSA) is 59.5 Å². The molecule has 2 aromatic rings. The van der Waals surface area contributed by atoms with Gasteiger partial charge in [0.05, 0.1) is 12.8 Å². The van der Waals surface area contributed by atoms with Crippen molar-refractivity contribution in [3.05, 3.63) is 59.5 Å². The quantitative estimate of drug-likeness (QED) is 0.887. The Labute approximate surface area is 124 Å². The highest BCUT2D eigenvalue weighted by Gasteiger charge is 2.34. The van der Waals surface area contributed by atoms with Crippen molar-refractivity contribution in [3.63, 3.8) is 0 Å². The van der Waals surface area contributed by atoms with E-state index >= 15 is 0 Å². The SMILES string of the molecule is NCCc1ccccc1C(=O)N(Cc1ccco1)C1CC1. The molecule has 0 spiro atoms. The molecule has 0 saturated heterocycles. The zero-order chi connectivity index (χ0) is 14.7. The number of nitrogens with zero attached hydrogens (tertiary/aromatic N) is 1. The second-order valence-electron chi connectivity index (χ2n) is 5.44. The molecule has 1 heterocycles. The summed E-state index contributed by atoms with van der Waals surface area (Å²) in [6.45, 7) is 1.08. The second kappa shape index (κ2) is 6.14. The van der Waals surface area contributed by atoms with Crippen LogP contribution in [0.4, 0.5) is 0 Å². The minimum atomic E-state index is 0.0814. The highest BCUT2D eigenvalue weighted by Crippen LogP contribution is 2.30. The van der Waals surface area contributed by atoms with Gasteiger partial charge in [-0.15, -0.1) is 0 Å². The highest BCUT2D eigenvalue weighted by atomic mass is 16.3. The van der Waals surface area contributed by atoms with Gasteiger partial charge in [0.1, 0.15) is 5.76 Å². The Balaban J connectivity index is 1.84. The summed E-state index contributed by atoms with van der Waals surface area (Å²) in [6, 6.07) is 11.8. The number of hydrogen-bond donors (Lipinski definition) is 1. The van der Waals surface area contributed by atoms with Crippen molar-refractivity contribution in [2.45, 2.75) is 31.8 Å². The number of furan rings is 1. The van der Waals surface area contributed by atoms with E-state index in [1.807, 2.05) is 41.3 Å². The molecular weight excluding hydrogens is 264 g/mol. The molecule has 1 aliphatic rings. The normalized spacial score (nSPS) is 14.1. The van der Waals surface area contributed by atoms with E-state index in [4.69, 9.17) is 10.2 Å². The summed E-state index contributed by atoms with van der Waals surface area (Å²) >= 11 is 0. The van der Waals surface area contributed by atoms with E-state index in [0.29, 0.717) is 19.1 Å². The monoisotopic (exact) mass is 284 g/mol. The molecular formula is C17H20N2O2. The summed E-state index contributed by atoms with van der Waals surface area (Å²) in [7, 11) is 0. The van der Waals surface area contributed by atoms with Gasteiger partial charge in [0, 0.05) is 11.6 Å². The van der Waals surface area contributed by atoms with Crippen LogP contribution in [0.3, 0.4) is 0 Å². The van der Waals surface area contributed by atoms with Crippen LogP contribution in [0.1, 0.15) is 34.5 Å². The first kappa shape index (κ1) is 13.9. The Morgan fingerprint density at radius 3 is 2.71 bits per heavy atom. The minimum Gasteiger partial charge on any atom is -0.467 e. The van der Waals surface area contributed by atoms with Gasteiger partial charge in [-0.05, 0) is 49.6 Å². The maximum atomic E-state index is 12.9. The molecule has 0 bridgehead atoms. The van der Waals surface area contributed by atoms with Crippen LogP contribution in [0.5, 0.6) is 0 Å². The lowest BCUT2D eigenvalue weighted by Crippen LogP contribution is -2.33. The predicted molar refractivity (Wildman–Crippen MR) is 80.8 cm³/mol. The van der Waals surface area contributed by atoms with Crippen molar-refractivity contribution in [2.75, 3.05) is 6.54 Å². The number of hydrogen-bond acceptors (Lipinski definition) is 3. The van der Waals surface area contributed by atoms with Crippen molar-refractivity contribution >= 4 is 5.91 Å². The Morgan fingerprint density at radius 1 is 1.24 bits per heavy atom. The molecule has 1 aromatic carbocycles. The molecule has 1 fully saturated rings. The van der Waals surface area contributed by atoms with Crippen molar-refractivity contribution in [1.82, 2.24) is 4.90 Å². The lowest BCUT2D eigenvalue weighted by atomic mass is 10.0. The third-order valence-corrected chi connectivity index (χ3v) is 3.82. The summed E-state index contributed by atoms with van der Waals surface area (Å²) in [4.78, 5) is 14.8. The summed E-state index contributed by atoms with van der Waals surface area (Å²) in [5, 5.41) is 0. The van der Waals surface area contributed by atoms with E-state index in [2.05, 4.69) is 0 Å². The molecule has 0 radical (unpaired) electrons. The molecule has 1 aliphatic carbocycles. The van der Waals surface area contributed by atoms with E-state index in [-0.39, 0.29) is 5.91 Å². The van der Waals surface area contributed by atoms with Gasteiger partial charge in [-0.3, -0.25) is 4.79 Å². The van der Waals surface area contributed by atoms with E-state index in [0.717, 1.165) is 36.1 Å². The highest BCUT2D eigenvalue weighted by molar-refractivity contribution is 5.96. The Hall–Kier alpha value is -2.07. The van der Waals surface area contributed by atoms with Crippen molar-refractivity contribution in [1.29, 1.82) is 0 Å². The number of rotatable bonds is 6. The number of carbonyl (C=O) groups excluding carboxylic acids is 1. The molecule has 110 valence electrons. The maximum Gasteiger partial charge on any atom is 0.254 e. The standard InChI is InChI=1S/C17H20N2O2/c18-10-9-13-4-1-2-6-16(13)17(20)19(14-7-8-14)12-15-5-3-11-21-15/h1-6,11,14H,7-10,12,18H2. The van der Waals surface area contributed by atoms with Crippen LogP contribution in [0, 0.1) is 0 Å². The first-order valence-electron chi connectivity index (χ1n) is 7.41. The Bertz CT molecular complexity index is 603. The molecule has 21 heavy (non-hydrogen) atoms. The molecule has 1 amide bonds.